The summed E-state index contributed by atoms with van der Waals surface area (Å²) in [5, 5.41) is 0. The highest BCUT2D eigenvalue weighted by molar-refractivity contribution is 7.98. The fourth-order valence-electron chi connectivity index (χ4n) is 2.44. The van der Waals surface area contributed by atoms with Gasteiger partial charge < -0.3 is 0 Å². The molecule has 0 unspecified atom stereocenters. The van der Waals surface area contributed by atoms with Crippen molar-refractivity contribution in [3.8, 4) is 21.6 Å². The molecule has 0 spiro atoms. The number of Topliss-reactive ketones (excluding diaryl/α,β-unsaturated/α-hetero) is 1. The van der Waals surface area contributed by atoms with Gasteiger partial charge in [0.15, 0.2) is 0 Å². The van der Waals surface area contributed by atoms with Gasteiger partial charge in [-0.2, -0.15) is 13.2 Å². The second-order valence-electron chi connectivity index (χ2n) is 5.42. The fourth-order valence-corrected chi connectivity index (χ4v) is 4.00. The molecule has 26 heavy (non-hydrogen) atoms. The first-order chi connectivity index (χ1) is 12.3. The third-order valence-electron chi connectivity index (χ3n) is 3.72. The van der Waals surface area contributed by atoms with E-state index in [-0.39, 0.29) is 4.88 Å². The lowest BCUT2D eigenvalue weighted by molar-refractivity contribution is -0.0882. The lowest BCUT2D eigenvalue weighted by atomic mass is 10.0. The van der Waals surface area contributed by atoms with E-state index in [0.29, 0.717) is 21.6 Å². The number of carbonyl (C=O) groups excluding carboxylic acids is 1. The Hall–Kier alpha value is -2.12. The molecule has 0 radical (unpaired) electrons. The molecule has 3 rings (SSSR count). The molecular weight excluding hydrogens is 384 g/mol. The van der Waals surface area contributed by atoms with Crippen LogP contribution < -0.4 is 0 Å². The number of halogens is 4. The molecule has 0 saturated carbocycles. The molecule has 0 aliphatic heterocycles. The number of carbonyl (C=O) groups is 1. The van der Waals surface area contributed by atoms with Gasteiger partial charge in [0.1, 0.15) is 5.82 Å². The summed E-state index contributed by atoms with van der Waals surface area (Å²) in [5.41, 5.74) is 1.77. The number of thiophene rings is 1. The van der Waals surface area contributed by atoms with E-state index in [9.17, 15) is 22.4 Å². The Labute approximate surface area is 155 Å². The van der Waals surface area contributed by atoms with Crippen molar-refractivity contribution in [3.05, 3.63) is 65.3 Å². The average Bonchev–Trinajstić information content (AvgIpc) is 3.06. The number of alkyl halides is 3. The first-order valence-electron chi connectivity index (χ1n) is 7.45. The molecule has 0 aliphatic carbocycles. The molecule has 0 bridgehead atoms. The maximum atomic E-state index is 13.2. The van der Waals surface area contributed by atoms with Gasteiger partial charge >= 0.3 is 6.18 Å². The van der Waals surface area contributed by atoms with Crippen LogP contribution in [0.3, 0.4) is 0 Å². The highest BCUT2D eigenvalue weighted by atomic mass is 32.2. The molecule has 0 saturated heterocycles. The molecule has 0 N–H and O–H groups in total. The van der Waals surface area contributed by atoms with Crippen LogP contribution >= 0.6 is 23.1 Å². The molecule has 7 heteroatoms. The first kappa shape index (κ1) is 18.7. The minimum atomic E-state index is -4.94. The van der Waals surface area contributed by atoms with Crippen LogP contribution in [0.4, 0.5) is 17.6 Å². The van der Waals surface area contributed by atoms with Crippen molar-refractivity contribution >= 4 is 28.9 Å². The number of hydrogen-bond donors (Lipinski definition) is 0. The zero-order valence-electron chi connectivity index (χ0n) is 13.4. The van der Waals surface area contributed by atoms with Crippen LogP contribution in [0.1, 0.15) is 9.67 Å². The Morgan fingerprint density at radius 2 is 1.54 bits per heavy atom. The summed E-state index contributed by atoms with van der Waals surface area (Å²) in [6, 6.07) is 14.0. The average molecular weight is 396 g/mol. The van der Waals surface area contributed by atoms with Crippen LogP contribution in [-0.2, 0) is 0 Å². The van der Waals surface area contributed by atoms with Gasteiger partial charge in [-0.25, -0.2) is 4.39 Å². The smallest absolute Gasteiger partial charge is 0.283 e. The molecule has 1 aromatic heterocycles. The Balaban J connectivity index is 2.15. The molecule has 3 aromatic rings. The van der Waals surface area contributed by atoms with Gasteiger partial charge in [-0.05, 0) is 47.7 Å². The van der Waals surface area contributed by atoms with Gasteiger partial charge in [-0.1, -0.05) is 24.3 Å². The van der Waals surface area contributed by atoms with Crippen molar-refractivity contribution in [2.75, 3.05) is 6.26 Å². The van der Waals surface area contributed by atoms with E-state index >= 15 is 0 Å². The maximum absolute atomic E-state index is 13.2. The summed E-state index contributed by atoms with van der Waals surface area (Å²) in [6.07, 6.45) is -3.02. The van der Waals surface area contributed by atoms with E-state index in [2.05, 4.69) is 0 Å². The van der Waals surface area contributed by atoms with Gasteiger partial charge in [0.05, 0.1) is 4.88 Å². The maximum Gasteiger partial charge on any atom is 0.455 e. The van der Waals surface area contributed by atoms with E-state index in [0.717, 1.165) is 16.2 Å². The first-order valence-corrected chi connectivity index (χ1v) is 9.49. The van der Waals surface area contributed by atoms with Gasteiger partial charge in [-0.15, -0.1) is 23.1 Å². The number of ketones is 1. The minimum Gasteiger partial charge on any atom is -0.283 e. The van der Waals surface area contributed by atoms with Crippen molar-refractivity contribution in [1.82, 2.24) is 0 Å². The van der Waals surface area contributed by atoms with E-state index in [1.807, 2.05) is 18.4 Å². The monoisotopic (exact) mass is 396 g/mol. The van der Waals surface area contributed by atoms with Crippen molar-refractivity contribution in [1.29, 1.82) is 0 Å². The molecule has 0 aliphatic rings. The number of hydrogen-bond acceptors (Lipinski definition) is 3. The van der Waals surface area contributed by atoms with Crippen molar-refractivity contribution in [2.45, 2.75) is 11.1 Å². The number of thioether (sulfide) groups is 1. The highest BCUT2D eigenvalue weighted by Gasteiger charge is 2.40. The summed E-state index contributed by atoms with van der Waals surface area (Å²) >= 11 is 2.31. The molecular formula is C19H12F4OS2. The second-order valence-corrected chi connectivity index (χ2v) is 7.35. The normalized spacial score (nSPS) is 11.6. The van der Waals surface area contributed by atoms with E-state index in [4.69, 9.17) is 0 Å². The van der Waals surface area contributed by atoms with Crippen LogP contribution in [0.15, 0.2) is 59.5 Å². The standard InChI is InChI=1S/C19H12F4OS2/c1-25-14-8-4-11(5-9-14)15-10-16(18(24)19(21,22)23)26-17(15)12-2-6-13(20)7-3-12/h2-10H,1H3. The fraction of sp³-hybridized carbons (Fsp3) is 0.105. The largest absolute Gasteiger partial charge is 0.455 e. The summed E-state index contributed by atoms with van der Waals surface area (Å²) < 4.78 is 51.7. The van der Waals surface area contributed by atoms with Crippen molar-refractivity contribution in [2.24, 2.45) is 0 Å². The Kier molecular flexibility index (Phi) is 5.20. The van der Waals surface area contributed by atoms with Crippen molar-refractivity contribution in [3.63, 3.8) is 0 Å². The molecule has 0 amide bonds. The number of rotatable bonds is 4. The minimum absolute atomic E-state index is 0.388. The van der Waals surface area contributed by atoms with Crippen LogP contribution in [-0.4, -0.2) is 18.2 Å². The van der Waals surface area contributed by atoms with E-state index in [1.165, 1.54) is 30.3 Å². The zero-order valence-corrected chi connectivity index (χ0v) is 15.1. The molecule has 1 nitrogen and oxygen atoms in total. The van der Waals surface area contributed by atoms with Crippen LogP contribution in [0.25, 0.3) is 21.6 Å². The lowest BCUT2D eigenvalue weighted by Crippen LogP contribution is -2.21. The highest BCUT2D eigenvalue weighted by Crippen LogP contribution is 2.41. The summed E-state index contributed by atoms with van der Waals surface area (Å²) in [6.45, 7) is 0. The van der Waals surface area contributed by atoms with Crippen LogP contribution in [0, 0.1) is 5.82 Å². The Bertz CT molecular complexity index is 926. The third-order valence-corrected chi connectivity index (χ3v) is 5.65. The SMILES string of the molecule is CSc1ccc(-c2cc(C(=O)C(F)(F)F)sc2-c2ccc(F)cc2)cc1. The van der Waals surface area contributed by atoms with Gasteiger partial charge in [-0.3, -0.25) is 4.79 Å². The van der Waals surface area contributed by atoms with Crippen LogP contribution in [0.2, 0.25) is 0 Å². The summed E-state index contributed by atoms with van der Waals surface area (Å²) in [7, 11) is 0. The van der Waals surface area contributed by atoms with Gasteiger partial charge in [0, 0.05) is 15.3 Å². The quantitative estimate of drug-likeness (QED) is 0.278. The van der Waals surface area contributed by atoms with E-state index in [1.54, 1.807) is 23.9 Å². The lowest BCUT2D eigenvalue weighted by Gasteiger charge is -2.05. The molecule has 2 aromatic carbocycles. The predicted octanol–water partition coefficient (Wildman–Crippen LogP) is 6.69. The predicted molar refractivity (Wildman–Crippen MR) is 97.3 cm³/mol. The zero-order chi connectivity index (χ0) is 18.9. The van der Waals surface area contributed by atoms with Crippen LogP contribution in [0.5, 0.6) is 0 Å². The Morgan fingerprint density at radius 1 is 0.962 bits per heavy atom. The molecule has 0 atom stereocenters. The number of benzene rings is 2. The Morgan fingerprint density at radius 3 is 2.08 bits per heavy atom. The van der Waals surface area contributed by atoms with E-state index < -0.39 is 17.8 Å². The van der Waals surface area contributed by atoms with Gasteiger partial charge in [0.2, 0.25) is 0 Å². The summed E-state index contributed by atoms with van der Waals surface area (Å²) in [4.78, 5) is 12.8. The third kappa shape index (κ3) is 3.83. The second kappa shape index (κ2) is 7.25. The summed E-state index contributed by atoms with van der Waals surface area (Å²) in [5.74, 6) is -2.32. The van der Waals surface area contributed by atoms with Crippen molar-refractivity contribution < 1.29 is 22.4 Å². The molecule has 0 fully saturated rings. The topological polar surface area (TPSA) is 17.1 Å². The van der Waals surface area contributed by atoms with Gasteiger partial charge in [0.25, 0.3) is 5.78 Å². The molecule has 1 heterocycles. The molecule has 134 valence electrons.